The third-order valence-electron chi connectivity index (χ3n) is 1.93. The van der Waals surface area contributed by atoms with Gasteiger partial charge in [-0.2, -0.15) is 11.8 Å². The van der Waals surface area contributed by atoms with Crippen LogP contribution in [0.25, 0.3) is 0 Å². The van der Waals surface area contributed by atoms with E-state index in [4.69, 9.17) is 0 Å². The second-order valence-corrected chi connectivity index (χ2v) is 5.42. The third kappa shape index (κ3) is 5.38. The minimum atomic E-state index is 0.316. The number of carbonyl (C=O) groups excluding carboxylic acids is 1. The minimum Gasteiger partial charge on any atom is -0.298 e. The first-order valence-corrected chi connectivity index (χ1v) is 7.01. The largest absolute Gasteiger partial charge is 0.298 e. The molecule has 0 aliphatic heterocycles. The Hall–Kier alpha value is -0.280. The lowest BCUT2D eigenvalue weighted by Gasteiger charge is -2.01. The van der Waals surface area contributed by atoms with E-state index in [-0.39, 0.29) is 0 Å². The summed E-state index contributed by atoms with van der Waals surface area (Å²) in [7, 11) is 0. The molecule has 0 N–H and O–H groups in total. The van der Waals surface area contributed by atoms with Crippen molar-refractivity contribution in [2.75, 3.05) is 11.5 Å². The fourth-order valence-corrected chi connectivity index (χ4v) is 2.24. The minimum absolute atomic E-state index is 0.316. The summed E-state index contributed by atoms with van der Waals surface area (Å²) in [4.78, 5) is 11.5. The molecule has 0 amide bonds. The van der Waals surface area contributed by atoms with Crippen LogP contribution in [0, 0.1) is 0 Å². The van der Waals surface area contributed by atoms with E-state index in [1.807, 2.05) is 24.3 Å². The van der Waals surface area contributed by atoms with Crippen molar-refractivity contribution in [3.8, 4) is 0 Å². The summed E-state index contributed by atoms with van der Waals surface area (Å²) in [6.45, 7) is 2.13. The Kier molecular flexibility index (Phi) is 6.03. The molecule has 1 nitrogen and oxygen atoms in total. The van der Waals surface area contributed by atoms with Gasteiger partial charge in [0.1, 0.15) is 5.78 Å². The average Bonchev–Trinajstić information content (AvgIpc) is 2.22. The van der Waals surface area contributed by atoms with E-state index in [0.29, 0.717) is 18.0 Å². The van der Waals surface area contributed by atoms with Gasteiger partial charge in [0.2, 0.25) is 0 Å². The quantitative estimate of drug-likeness (QED) is 0.742. The van der Waals surface area contributed by atoms with Gasteiger partial charge in [0.15, 0.2) is 0 Å². The smallest absolute Gasteiger partial charge is 0.147 e. The normalized spacial score (nSPS) is 10.3. The lowest BCUT2D eigenvalue weighted by atomic mass is 10.1. The van der Waals surface area contributed by atoms with Crippen LogP contribution >= 0.6 is 27.7 Å². The zero-order valence-corrected chi connectivity index (χ0v) is 11.2. The number of carbonyl (C=O) groups is 1. The molecule has 0 heterocycles. The molecule has 0 saturated carbocycles. The maximum atomic E-state index is 11.5. The van der Waals surface area contributed by atoms with Crippen molar-refractivity contribution in [2.24, 2.45) is 0 Å². The van der Waals surface area contributed by atoms with Crippen molar-refractivity contribution in [2.45, 2.75) is 19.8 Å². The number of halogens is 1. The van der Waals surface area contributed by atoms with Crippen LogP contribution in [0.15, 0.2) is 28.7 Å². The summed E-state index contributed by atoms with van der Waals surface area (Å²) >= 11 is 5.10. The van der Waals surface area contributed by atoms with Crippen LogP contribution in [0.1, 0.15) is 18.9 Å². The molecule has 1 aromatic rings. The highest BCUT2D eigenvalue weighted by atomic mass is 79.9. The number of thioether (sulfide) groups is 1. The second-order valence-electron chi connectivity index (χ2n) is 3.39. The molecular weight excluding hydrogens is 272 g/mol. The highest BCUT2D eigenvalue weighted by Crippen LogP contribution is 2.12. The predicted molar refractivity (Wildman–Crippen MR) is 70.5 cm³/mol. The number of rotatable bonds is 6. The number of hydrogen-bond donors (Lipinski definition) is 0. The van der Waals surface area contributed by atoms with Crippen molar-refractivity contribution >= 4 is 33.5 Å². The Morgan fingerprint density at radius 3 is 2.60 bits per heavy atom. The lowest BCUT2D eigenvalue weighted by molar-refractivity contribution is -0.116. The van der Waals surface area contributed by atoms with Crippen LogP contribution in [0.2, 0.25) is 0 Å². The van der Waals surface area contributed by atoms with Crippen LogP contribution in [0.5, 0.6) is 0 Å². The molecule has 0 aliphatic carbocycles. The summed E-state index contributed by atoms with van der Waals surface area (Å²) in [5.74, 6) is 2.03. The Morgan fingerprint density at radius 2 is 2.00 bits per heavy atom. The highest BCUT2D eigenvalue weighted by molar-refractivity contribution is 9.10. The van der Waals surface area contributed by atoms with Crippen molar-refractivity contribution in [3.05, 3.63) is 34.3 Å². The van der Waals surface area contributed by atoms with E-state index in [0.717, 1.165) is 22.2 Å². The van der Waals surface area contributed by atoms with E-state index in [1.54, 1.807) is 11.8 Å². The number of Topliss-reactive ketones (excluding diaryl/α,β-unsaturated/α-hetero) is 1. The highest BCUT2D eigenvalue weighted by Gasteiger charge is 2.03. The summed E-state index contributed by atoms with van der Waals surface area (Å²) in [5, 5.41) is 0. The Balaban J connectivity index is 2.34. The number of hydrogen-bond acceptors (Lipinski definition) is 2. The van der Waals surface area contributed by atoms with Gasteiger partial charge in [-0.1, -0.05) is 35.0 Å². The summed E-state index contributed by atoms with van der Waals surface area (Å²) < 4.78 is 1.05. The van der Waals surface area contributed by atoms with Crippen LogP contribution in [-0.4, -0.2) is 17.3 Å². The number of benzene rings is 1. The molecule has 1 aromatic carbocycles. The van der Waals surface area contributed by atoms with Crippen LogP contribution in [0.4, 0.5) is 0 Å². The van der Waals surface area contributed by atoms with Gasteiger partial charge in [-0.15, -0.1) is 0 Å². The van der Waals surface area contributed by atoms with Crippen molar-refractivity contribution in [3.63, 3.8) is 0 Å². The van der Waals surface area contributed by atoms with Gasteiger partial charge in [0, 0.05) is 10.9 Å². The van der Waals surface area contributed by atoms with Crippen molar-refractivity contribution in [1.29, 1.82) is 0 Å². The van der Waals surface area contributed by atoms with Crippen LogP contribution in [-0.2, 0) is 11.2 Å². The molecule has 0 unspecified atom stereocenters. The van der Waals surface area contributed by atoms with Gasteiger partial charge in [-0.05, 0) is 29.9 Å². The monoisotopic (exact) mass is 286 g/mol. The molecule has 0 fully saturated rings. The van der Waals surface area contributed by atoms with Crippen LogP contribution < -0.4 is 0 Å². The molecule has 0 aliphatic rings. The Labute approximate surface area is 104 Å². The van der Waals surface area contributed by atoms with E-state index in [9.17, 15) is 4.79 Å². The Morgan fingerprint density at radius 1 is 1.33 bits per heavy atom. The second kappa shape index (κ2) is 7.07. The van der Waals surface area contributed by atoms with Gasteiger partial charge >= 0.3 is 0 Å². The molecule has 0 atom stereocenters. The maximum absolute atomic E-state index is 11.5. The average molecular weight is 287 g/mol. The molecule has 0 saturated heterocycles. The molecule has 82 valence electrons. The third-order valence-corrected chi connectivity index (χ3v) is 3.68. The van der Waals surface area contributed by atoms with E-state index >= 15 is 0 Å². The zero-order chi connectivity index (χ0) is 11.1. The first-order valence-electron chi connectivity index (χ1n) is 5.06. The van der Waals surface area contributed by atoms with Crippen LogP contribution in [0.3, 0.4) is 0 Å². The van der Waals surface area contributed by atoms with E-state index in [2.05, 4.69) is 22.9 Å². The molecule has 0 radical (unpaired) electrons. The fourth-order valence-electron chi connectivity index (χ4n) is 1.21. The molecule has 0 aromatic heterocycles. The first kappa shape index (κ1) is 12.8. The summed E-state index contributed by atoms with van der Waals surface area (Å²) in [6, 6.07) is 7.93. The Bertz CT molecular complexity index is 308. The molecule has 0 spiro atoms. The van der Waals surface area contributed by atoms with Gasteiger partial charge < -0.3 is 0 Å². The fraction of sp³-hybridized carbons (Fsp3) is 0.417. The standard InChI is InChI=1S/C12H15BrOS/c1-2-7-15-9-12(14)8-10-3-5-11(13)6-4-10/h3-6H,2,7-9H2,1H3. The van der Waals surface area contributed by atoms with Gasteiger partial charge in [0.25, 0.3) is 0 Å². The topological polar surface area (TPSA) is 17.1 Å². The molecule has 0 bridgehead atoms. The summed E-state index contributed by atoms with van der Waals surface area (Å²) in [5.41, 5.74) is 1.10. The maximum Gasteiger partial charge on any atom is 0.147 e. The summed E-state index contributed by atoms with van der Waals surface area (Å²) in [6.07, 6.45) is 1.69. The number of ketones is 1. The SMILES string of the molecule is CCCSCC(=O)Cc1ccc(Br)cc1. The lowest BCUT2D eigenvalue weighted by Crippen LogP contribution is -2.05. The van der Waals surface area contributed by atoms with Gasteiger partial charge in [-0.25, -0.2) is 0 Å². The molecular formula is C12H15BrOS. The van der Waals surface area contributed by atoms with E-state index in [1.165, 1.54) is 0 Å². The molecule has 1 rings (SSSR count). The van der Waals surface area contributed by atoms with E-state index < -0.39 is 0 Å². The zero-order valence-electron chi connectivity index (χ0n) is 8.83. The van der Waals surface area contributed by atoms with Gasteiger partial charge in [-0.3, -0.25) is 4.79 Å². The predicted octanol–water partition coefficient (Wildman–Crippen LogP) is 3.70. The van der Waals surface area contributed by atoms with Crippen molar-refractivity contribution < 1.29 is 4.79 Å². The molecule has 15 heavy (non-hydrogen) atoms. The molecule has 3 heteroatoms. The van der Waals surface area contributed by atoms with Crippen molar-refractivity contribution in [1.82, 2.24) is 0 Å². The first-order chi connectivity index (χ1) is 7.22. The van der Waals surface area contributed by atoms with Gasteiger partial charge in [0.05, 0.1) is 5.75 Å².